The van der Waals surface area contributed by atoms with Crippen LogP contribution in [0.25, 0.3) is 5.43 Å². The van der Waals surface area contributed by atoms with Crippen molar-refractivity contribution in [3.8, 4) is 0 Å². The van der Waals surface area contributed by atoms with Gasteiger partial charge in [0.15, 0.2) is 0 Å². The van der Waals surface area contributed by atoms with Gasteiger partial charge in [-0.1, -0.05) is 45.3 Å². The van der Waals surface area contributed by atoms with Crippen molar-refractivity contribution in [2.45, 2.75) is 71.1 Å². The van der Waals surface area contributed by atoms with Gasteiger partial charge in [-0.3, -0.25) is 10.1 Å². The quantitative estimate of drug-likeness (QED) is 0.385. The molecule has 1 amide bonds. The van der Waals surface area contributed by atoms with Crippen molar-refractivity contribution in [3.05, 3.63) is 28.3 Å². The highest BCUT2D eigenvalue weighted by atomic mass is 16.1. The second-order valence-electron chi connectivity index (χ2n) is 10.4. The summed E-state index contributed by atoms with van der Waals surface area (Å²) in [6.07, 6.45) is 6.88. The number of hydrogen-bond acceptors (Lipinski definition) is 6. The highest BCUT2D eigenvalue weighted by Gasteiger charge is 2.55. The predicted molar refractivity (Wildman–Crippen MR) is 128 cm³/mol. The van der Waals surface area contributed by atoms with Gasteiger partial charge in [0.2, 0.25) is 0 Å². The number of carbonyl (C=O) groups excluding carboxylic acids is 1. The molecule has 0 aromatic heterocycles. The van der Waals surface area contributed by atoms with Crippen LogP contribution in [0.5, 0.6) is 0 Å². The minimum Gasteiger partial charge on any atom is -0.568 e. The van der Waals surface area contributed by atoms with Crippen molar-refractivity contribution in [3.63, 3.8) is 0 Å². The number of amides is 1. The molecule has 0 aromatic rings. The van der Waals surface area contributed by atoms with Gasteiger partial charge >= 0.3 is 0 Å². The fraction of sp³-hybridized carbons (Fsp3) is 0.792. The minimum atomic E-state index is -0.455. The fourth-order valence-corrected chi connectivity index (χ4v) is 6.17. The summed E-state index contributed by atoms with van der Waals surface area (Å²) in [7, 11) is 0. The van der Waals surface area contributed by atoms with Crippen molar-refractivity contribution >= 4 is 5.91 Å². The Morgan fingerprint density at radius 1 is 1.47 bits per heavy atom. The summed E-state index contributed by atoms with van der Waals surface area (Å²) >= 11 is 0. The van der Waals surface area contributed by atoms with E-state index in [1.54, 1.807) is 0 Å². The molecule has 8 heteroatoms. The number of allylic oxidation sites excluding steroid dienone is 1. The Morgan fingerprint density at radius 3 is 2.97 bits per heavy atom. The largest absolute Gasteiger partial charge is 0.568 e. The number of fused-ring (bicyclic) bond motifs is 3. The highest BCUT2D eigenvalue weighted by molar-refractivity contribution is 5.96. The van der Waals surface area contributed by atoms with E-state index < -0.39 is 6.17 Å². The molecule has 32 heavy (non-hydrogen) atoms. The maximum Gasteiger partial charge on any atom is 0.250 e. The van der Waals surface area contributed by atoms with E-state index in [0.717, 1.165) is 63.0 Å². The van der Waals surface area contributed by atoms with E-state index in [-0.39, 0.29) is 23.4 Å². The van der Waals surface area contributed by atoms with Crippen LogP contribution in [-0.4, -0.2) is 61.9 Å². The van der Waals surface area contributed by atoms with Gasteiger partial charge in [0.1, 0.15) is 0 Å². The maximum atomic E-state index is 13.7. The van der Waals surface area contributed by atoms with E-state index in [2.05, 4.69) is 53.2 Å². The molecule has 6 unspecified atom stereocenters. The molecular formula is C24H42N7O-. The van der Waals surface area contributed by atoms with Crippen LogP contribution in [0.4, 0.5) is 0 Å². The highest BCUT2D eigenvalue weighted by Crippen LogP contribution is 2.58. The molecule has 4 heterocycles. The summed E-state index contributed by atoms with van der Waals surface area (Å²) in [5.74, 6) is 0.787. The molecule has 0 radical (unpaired) electrons. The third-order valence-electron chi connectivity index (χ3n) is 8.05. The Balaban J connectivity index is 1.56. The van der Waals surface area contributed by atoms with Gasteiger partial charge in [0.05, 0.1) is 12.2 Å². The second kappa shape index (κ2) is 9.81. The first-order chi connectivity index (χ1) is 15.4. The van der Waals surface area contributed by atoms with E-state index in [0.29, 0.717) is 24.9 Å². The SMILES string of the molecule is CCCC1C2=C(C(=O)NC3CNCC=C3N3CCC[N-]3)C(N)NC(CC(C)CN)C1(C)C2. The zero-order chi connectivity index (χ0) is 22.9. The van der Waals surface area contributed by atoms with Crippen LogP contribution in [0.3, 0.4) is 0 Å². The Hall–Kier alpha value is -1.45. The lowest BCUT2D eigenvalue weighted by Crippen LogP contribution is -2.56. The Bertz CT molecular complexity index is 759. The third kappa shape index (κ3) is 4.35. The molecule has 1 saturated heterocycles. The monoisotopic (exact) mass is 444 g/mol. The standard InChI is InChI=1S/C24H42N7O/c1-4-6-17-16-12-24(17,3)20(11-15(2)13-25)30-22(26)21(16)23(32)29-18-14-27-9-7-19(18)31-10-5-8-28-31/h7,15,17-18,20,22,27,30H,4-6,8-14,25-26H2,1-3H3,(H,29,32)/q-1. The number of carbonyl (C=O) groups is 1. The molecule has 1 saturated carbocycles. The summed E-state index contributed by atoms with van der Waals surface area (Å²) in [4.78, 5) is 13.7. The predicted octanol–water partition coefficient (Wildman–Crippen LogP) is 1.32. The normalized spacial score (nSPS) is 35.8. The summed E-state index contributed by atoms with van der Waals surface area (Å²) in [5, 5.41) is 12.4. The lowest BCUT2D eigenvalue weighted by atomic mass is 9.52. The van der Waals surface area contributed by atoms with E-state index in [9.17, 15) is 4.79 Å². The summed E-state index contributed by atoms with van der Waals surface area (Å²) < 4.78 is 0. The van der Waals surface area contributed by atoms with Crippen molar-refractivity contribution in [2.75, 3.05) is 32.7 Å². The van der Waals surface area contributed by atoms with Crippen molar-refractivity contribution in [1.29, 1.82) is 0 Å². The Labute approximate surface area is 193 Å². The molecule has 1 aliphatic carbocycles. The van der Waals surface area contributed by atoms with Crippen LogP contribution in [0.15, 0.2) is 22.9 Å². The van der Waals surface area contributed by atoms with Crippen molar-refractivity contribution in [2.24, 2.45) is 28.7 Å². The molecule has 6 atom stereocenters. The molecule has 4 aliphatic heterocycles. The number of rotatable bonds is 8. The number of nitrogens with zero attached hydrogens (tertiary/aromatic N) is 2. The maximum absolute atomic E-state index is 13.7. The van der Waals surface area contributed by atoms with Crippen LogP contribution in [0, 0.1) is 17.3 Å². The molecule has 0 spiro atoms. The molecule has 7 N–H and O–H groups in total. The van der Waals surface area contributed by atoms with Crippen LogP contribution >= 0.6 is 0 Å². The van der Waals surface area contributed by atoms with Gasteiger partial charge in [-0.25, -0.2) is 0 Å². The van der Waals surface area contributed by atoms with Crippen LogP contribution in [-0.2, 0) is 4.79 Å². The first kappa shape index (κ1) is 23.7. The van der Waals surface area contributed by atoms with E-state index in [1.807, 2.05) is 0 Å². The number of nitrogens with two attached hydrogens (primary N) is 2. The van der Waals surface area contributed by atoms with E-state index in [4.69, 9.17) is 11.5 Å². The molecule has 2 fully saturated rings. The molecule has 180 valence electrons. The Kier molecular flexibility index (Phi) is 7.27. The van der Waals surface area contributed by atoms with Gasteiger partial charge in [-0.05, 0) is 49.6 Å². The average Bonchev–Trinajstić information content (AvgIpc) is 3.26. The van der Waals surface area contributed by atoms with E-state index in [1.165, 1.54) is 5.57 Å². The second-order valence-corrected chi connectivity index (χ2v) is 10.4. The van der Waals surface area contributed by atoms with Gasteiger partial charge in [-0.2, -0.15) is 0 Å². The number of hydrogen-bond donors (Lipinski definition) is 5. The molecule has 2 bridgehead atoms. The molecule has 8 nitrogen and oxygen atoms in total. The number of nitrogens with one attached hydrogen (secondary N) is 3. The third-order valence-corrected chi connectivity index (χ3v) is 8.05. The molecular weight excluding hydrogens is 402 g/mol. The van der Waals surface area contributed by atoms with Crippen LogP contribution in [0.1, 0.15) is 52.9 Å². The average molecular weight is 445 g/mol. The fourth-order valence-electron chi connectivity index (χ4n) is 6.17. The lowest BCUT2D eigenvalue weighted by Gasteiger charge is -2.53. The summed E-state index contributed by atoms with van der Waals surface area (Å²) in [5.41, 5.74) is 20.5. The van der Waals surface area contributed by atoms with Crippen molar-refractivity contribution in [1.82, 2.24) is 21.0 Å². The first-order valence-corrected chi connectivity index (χ1v) is 12.5. The topological polar surface area (TPSA) is 123 Å². The van der Waals surface area contributed by atoms with Gasteiger partial charge in [-0.15, -0.1) is 6.54 Å². The van der Waals surface area contributed by atoms with Gasteiger partial charge < -0.3 is 32.5 Å². The van der Waals surface area contributed by atoms with Crippen LogP contribution in [0.2, 0.25) is 0 Å². The molecule has 0 aromatic carbocycles. The summed E-state index contributed by atoms with van der Waals surface area (Å²) in [6, 6.07) is 0.169. The van der Waals surface area contributed by atoms with Gasteiger partial charge in [0, 0.05) is 30.4 Å². The zero-order valence-electron chi connectivity index (χ0n) is 20.0. The summed E-state index contributed by atoms with van der Waals surface area (Å²) in [6.45, 7) is 10.8. The first-order valence-electron chi connectivity index (χ1n) is 12.5. The Morgan fingerprint density at radius 2 is 2.28 bits per heavy atom. The minimum absolute atomic E-state index is 0.0329. The van der Waals surface area contributed by atoms with E-state index >= 15 is 0 Å². The van der Waals surface area contributed by atoms with Crippen LogP contribution < -0.4 is 27.4 Å². The molecule has 5 aliphatic rings. The molecule has 5 rings (SSSR count). The smallest absolute Gasteiger partial charge is 0.250 e. The van der Waals surface area contributed by atoms with Crippen molar-refractivity contribution < 1.29 is 4.79 Å². The zero-order valence-corrected chi connectivity index (χ0v) is 20.0. The lowest BCUT2D eigenvalue weighted by molar-refractivity contribution is -0.118. The van der Waals surface area contributed by atoms with Gasteiger partial charge in [0.25, 0.3) is 5.91 Å².